The Morgan fingerprint density at radius 1 is 1.29 bits per heavy atom. The van der Waals surface area contributed by atoms with E-state index in [2.05, 4.69) is 21.8 Å². The smallest absolute Gasteiger partial charge is 0.258 e. The maximum Gasteiger partial charge on any atom is 0.258 e. The van der Waals surface area contributed by atoms with E-state index in [0.717, 1.165) is 19.0 Å². The molecule has 0 saturated carbocycles. The molecule has 6 heteroatoms. The Hall–Kier alpha value is -2.08. The molecular formula is C18H25N3O3. The van der Waals surface area contributed by atoms with Crippen LogP contribution in [0.3, 0.4) is 0 Å². The number of hydrogen-bond acceptors (Lipinski definition) is 5. The van der Waals surface area contributed by atoms with Crippen molar-refractivity contribution < 1.29 is 9.47 Å². The van der Waals surface area contributed by atoms with Crippen molar-refractivity contribution in [3.8, 4) is 11.5 Å². The molecule has 6 nitrogen and oxygen atoms in total. The van der Waals surface area contributed by atoms with Crippen molar-refractivity contribution in [3.05, 3.63) is 28.3 Å². The number of methoxy groups -OCH3 is 2. The van der Waals surface area contributed by atoms with Crippen LogP contribution in [0.15, 0.2) is 16.9 Å². The molecule has 0 aliphatic carbocycles. The zero-order valence-electron chi connectivity index (χ0n) is 14.6. The van der Waals surface area contributed by atoms with E-state index in [-0.39, 0.29) is 5.56 Å². The number of piperidine rings is 1. The summed E-state index contributed by atoms with van der Waals surface area (Å²) in [6.07, 6.45) is 3.71. The summed E-state index contributed by atoms with van der Waals surface area (Å²) in [7, 11) is 3.14. The highest BCUT2D eigenvalue weighted by atomic mass is 16.5. The van der Waals surface area contributed by atoms with E-state index >= 15 is 0 Å². The van der Waals surface area contributed by atoms with E-state index in [9.17, 15) is 4.79 Å². The average Bonchev–Trinajstić information content (AvgIpc) is 2.60. The van der Waals surface area contributed by atoms with Gasteiger partial charge in [0.15, 0.2) is 11.5 Å². The van der Waals surface area contributed by atoms with Crippen LogP contribution in [0.1, 0.15) is 32.0 Å². The van der Waals surface area contributed by atoms with Gasteiger partial charge in [0.2, 0.25) is 0 Å². The third-order valence-electron chi connectivity index (χ3n) is 4.81. The van der Waals surface area contributed by atoms with Gasteiger partial charge in [0.25, 0.3) is 5.56 Å². The van der Waals surface area contributed by atoms with Crippen LogP contribution in [-0.4, -0.2) is 42.2 Å². The minimum atomic E-state index is -0.139. The summed E-state index contributed by atoms with van der Waals surface area (Å²) in [4.78, 5) is 22.3. The predicted molar refractivity (Wildman–Crippen MR) is 93.8 cm³/mol. The molecule has 0 amide bonds. The molecule has 1 fully saturated rings. The summed E-state index contributed by atoms with van der Waals surface area (Å²) in [5.41, 5.74) is 0.496. The molecule has 1 saturated heterocycles. The van der Waals surface area contributed by atoms with Crippen LogP contribution in [0.5, 0.6) is 11.5 Å². The number of fused-ring (bicyclic) bond motifs is 1. The number of aromatic amines is 1. The van der Waals surface area contributed by atoms with E-state index in [0.29, 0.717) is 34.8 Å². The number of nitrogens with one attached hydrogen (secondary N) is 1. The maximum absolute atomic E-state index is 12.4. The third-order valence-corrected chi connectivity index (χ3v) is 4.81. The summed E-state index contributed by atoms with van der Waals surface area (Å²) in [6.45, 7) is 5.05. The van der Waals surface area contributed by atoms with Crippen molar-refractivity contribution in [3.63, 3.8) is 0 Å². The van der Waals surface area contributed by atoms with E-state index in [1.54, 1.807) is 26.4 Å². The molecule has 1 atom stereocenters. The van der Waals surface area contributed by atoms with Crippen LogP contribution in [0, 0.1) is 5.92 Å². The lowest BCUT2D eigenvalue weighted by Crippen LogP contribution is -2.35. The summed E-state index contributed by atoms with van der Waals surface area (Å²) in [5.74, 6) is 2.57. The van der Waals surface area contributed by atoms with Gasteiger partial charge in [-0.15, -0.1) is 0 Å². The van der Waals surface area contributed by atoms with Gasteiger partial charge in [-0.1, -0.05) is 13.3 Å². The van der Waals surface area contributed by atoms with Gasteiger partial charge >= 0.3 is 0 Å². The van der Waals surface area contributed by atoms with Gasteiger partial charge in [0.05, 0.1) is 31.7 Å². The fraction of sp³-hybridized carbons (Fsp3) is 0.556. The number of hydrogen-bond donors (Lipinski definition) is 1. The lowest BCUT2D eigenvalue weighted by molar-refractivity contribution is 0.161. The standard InChI is InChI=1S/C18H25N3O3/c1-4-12-6-5-7-21(10-12)11-17-19-14-9-16(24-3)15(23-2)8-13(14)18(22)20-17/h8-9,12H,4-7,10-11H2,1-3H3,(H,19,20,22)/t12-/m0/s1. The highest BCUT2D eigenvalue weighted by Crippen LogP contribution is 2.30. The van der Waals surface area contributed by atoms with Gasteiger partial charge in [-0.2, -0.15) is 0 Å². The highest BCUT2D eigenvalue weighted by molar-refractivity contribution is 5.81. The molecule has 2 aromatic rings. The van der Waals surface area contributed by atoms with Crippen LogP contribution < -0.4 is 15.0 Å². The predicted octanol–water partition coefficient (Wildman–Crippen LogP) is 2.56. The van der Waals surface area contributed by atoms with Crippen molar-refractivity contribution in [2.45, 2.75) is 32.7 Å². The van der Waals surface area contributed by atoms with E-state index in [1.807, 2.05) is 0 Å². The second-order valence-corrected chi connectivity index (χ2v) is 6.39. The number of likely N-dealkylation sites (tertiary alicyclic amines) is 1. The third kappa shape index (κ3) is 3.38. The molecule has 1 N–H and O–H groups in total. The summed E-state index contributed by atoms with van der Waals surface area (Å²) in [5, 5.41) is 0.515. The second-order valence-electron chi connectivity index (χ2n) is 6.39. The van der Waals surface area contributed by atoms with E-state index in [1.165, 1.54) is 19.3 Å². The van der Waals surface area contributed by atoms with Crippen LogP contribution in [0.25, 0.3) is 10.9 Å². The molecule has 1 aromatic heterocycles. The highest BCUT2D eigenvalue weighted by Gasteiger charge is 2.19. The van der Waals surface area contributed by atoms with E-state index in [4.69, 9.17) is 9.47 Å². The minimum Gasteiger partial charge on any atom is -0.493 e. The Kier molecular flexibility index (Phi) is 5.04. The van der Waals surface area contributed by atoms with Gasteiger partial charge in [-0.25, -0.2) is 4.98 Å². The zero-order valence-corrected chi connectivity index (χ0v) is 14.6. The van der Waals surface area contributed by atoms with Gasteiger partial charge in [-0.3, -0.25) is 9.69 Å². The van der Waals surface area contributed by atoms with Crippen molar-refractivity contribution in [2.24, 2.45) is 5.92 Å². The Balaban J connectivity index is 1.91. The zero-order chi connectivity index (χ0) is 17.1. The molecule has 1 aromatic carbocycles. The Labute approximate surface area is 141 Å². The number of H-pyrrole nitrogens is 1. The molecule has 0 spiro atoms. The molecule has 0 bridgehead atoms. The Morgan fingerprint density at radius 2 is 2.04 bits per heavy atom. The topological polar surface area (TPSA) is 67.5 Å². The molecule has 1 aliphatic heterocycles. The molecule has 3 rings (SSSR count). The van der Waals surface area contributed by atoms with Gasteiger partial charge in [-0.05, 0) is 31.4 Å². The fourth-order valence-electron chi connectivity index (χ4n) is 3.43. The summed E-state index contributed by atoms with van der Waals surface area (Å²) >= 11 is 0. The van der Waals surface area contributed by atoms with Gasteiger partial charge in [0.1, 0.15) is 5.82 Å². The molecule has 2 heterocycles. The molecule has 0 unspecified atom stereocenters. The lowest BCUT2D eigenvalue weighted by atomic mass is 9.96. The molecule has 130 valence electrons. The first kappa shape index (κ1) is 16.8. The van der Waals surface area contributed by atoms with Gasteiger partial charge < -0.3 is 14.5 Å². The molecule has 1 aliphatic rings. The Morgan fingerprint density at radius 3 is 2.75 bits per heavy atom. The second kappa shape index (κ2) is 7.21. The largest absolute Gasteiger partial charge is 0.493 e. The molecule has 24 heavy (non-hydrogen) atoms. The average molecular weight is 331 g/mol. The first-order chi connectivity index (χ1) is 11.6. The first-order valence-corrected chi connectivity index (χ1v) is 8.51. The fourth-order valence-corrected chi connectivity index (χ4v) is 3.43. The molecular weight excluding hydrogens is 306 g/mol. The summed E-state index contributed by atoms with van der Waals surface area (Å²) < 4.78 is 10.6. The quantitative estimate of drug-likeness (QED) is 0.912. The van der Waals surface area contributed by atoms with Crippen LogP contribution in [0.4, 0.5) is 0 Å². The van der Waals surface area contributed by atoms with Crippen LogP contribution in [-0.2, 0) is 6.54 Å². The van der Waals surface area contributed by atoms with Crippen molar-refractivity contribution in [2.75, 3.05) is 27.3 Å². The van der Waals surface area contributed by atoms with Gasteiger partial charge in [0, 0.05) is 12.6 Å². The van der Waals surface area contributed by atoms with Crippen molar-refractivity contribution in [1.82, 2.24) is 14.9 Å². The van der Waals surface area contributed by atoms with E-state index < -0.39 is 0 Å². The van der Waals surface area contributed by atoms with Crippen molar-refractivity contribution >= 4 is 10.9 Å². The Bertz CT molecular complexity index is 772. The monoisotopic (exact) mass is 331 g/mol. The number of aromatic nitrogens is 2. The summed E-state index contributed by atoms with van der Waals surface area (Å²) in [6, 6.07) is 3.44. The van der Waals surface area contributed by atoms with Crippen molar-refractivity contribution in [1.29, 1.82) is 0 Å². The van der Waals surface area contributed by atoms with Crippen LogP contribution in [0.2, 0.25) is 0 Å². The number of nitrogens with zero attached hydrogens (tertiary/aromatic N) is 2. The van der Waals surface area contributed by atoms with Crippen LogP contribution >= 0.6 is 0 Å². The maximum atomic E-state index is 12.4. The lowest BCUT2D eigenvalue weighted by Gasteiger charge is -2.31. The first-order valence-electron chi connectivity index (χ1n) is 8.51. The number of benzene rings is 1. The number of rotatable bonds is 5. The minimum absolute atomic E-state index is 0.139. The number of ether oxygens (including phenoxy) is 2. The molecule has 0 radical (unpaired) electrons. The SMILES string of the molecule is CC[C@H]1CCCN(Cc2nc3cc(OC)c(OC)cc3c(=O)[nH]2)C1. The normalized spacial score (nSPS) is 18.7.